The van der Waals surface area contributed by atoms with Gasteiger partial charge in [0, 0.05) is 22.9 Å². The largest absolute Gasteiger partial charge is 0.313 e. The van der Waals surface area contributed by atoms with Crippen LogP contribution < -0.4 is 5.32 Å². The smallest absolute Gasteiger partial charge is 0.0410 e. The number of rotatable bonds is 6. The Balaban J connectivity index is 2.13. The lowest BCUT2D eigenvalue weighted by Crippen LogP contribution is -2.36. The highest BCUT2D eigenvalue weighted by Gasteiger charge is 2.66. The molecule has 1 aromatic heterocycles. The zero-order valence-corrected chi connectivity index (χ0v) is 14.9. The highest BCUT2D eigenvalue weighted by Crippen LogP contribution is 2.69. The van der Waals surface area contributed by atoms with Crippen molar-refractivity contribution in [3.63, 3.8) is 0 Å². The molecule has 1 N–H and O–H groups in total. The van der Waals surface area contributed by atoms with Gasteiger partial charge in [0.15, 0.2) is 0 Å². The van der Waals surface area contributed by atoms with Gasteiger partial charge in [0.1, 0.15) is 0 Å². The lowest BCUT2D eigenvalue weighted by atomic mass is 9.97. The van der Waals surface area contributed by atoms with Crippen molar-refractivity contribution in [3.05, 3.63) is 28.5 Å². The first-order chi connectivity index (χ1) is 9.30. The molecule has 20 heavy (non-hydrogen) atoms. The number of hydrogen-bond acceptors (Lipinski definition) is 2. The molecule has 0 saturated heterocycles. The summed E-state index contributed by atoms with van der Waals surface area (Å²) in [5, 5.41) is 3.77. The summed E-state index contributed by atoms with van der Waals surface area (Å²) in [6.07, 6.45) is 6.08. The number of nitrogens with zero attached hydrogens (tertiary/aromatic N) is 1. The Morgan fingerprint density at radius 3 is 2.40 bits per heavy atom. The third-order valence-corrected chi connectivity index (χ3v) is 5.84. The van der Waals surface area contributed by atoms with Crippen LogP contribution in [0.1, 0.15) is 46.6 Å². The van der Waals surface area contributed by atoms with Gasteiger partial charge in [0.05, 0.1) is 0 Å². The fraction of sp³-hybridized carbons (Fsp3) is 0.706. The standard InChI is InChI=1S/C17H27BrN2/c1-6-7-20-14(15-16(2,3)17(15,4)5)9-12-8-13(18)11-19-10-12/h8,10-11,14-15,20H,6-7,9H2,1-5H3. The van der Waals surface area contributed by atoms with Gasteiger partial charge in [0.2, 0.25) is 0 Å². The van der Waals surface area contributed by atoms with Crippen molar-refractivity contribution >= 4 is 15.9 Å². The third-order valence-electron chi connectivity index (χ3n) is 5.41. The molecule has 1 aromatic rings. The predicted molar refractivity (Wildman–Crippen MR) is 88.8 cm³/mol. The van der Waals surface area contributed by atoms with Gasteiger partial charge in [-0.05, 0) is 63.7 Å². The van der Waals surface area contributed by atoms with E-state index in [-0.39, 0.29) is 0 Å². The second-order valence-electron chi connectivity index (χ2n) is 7.20. The summed E-state index contributed by atoms with van der Waals surface area (Å²) in [5.41, 5.74) is 2.14. The van der Waals surface area contributed by atoms with Crippen LogP contribution in [0.5, 0.6) is 0 Å². The van der Waals surface area contributed by atoms with Gasteiger partial charge >= 0.3 is 0 Å². The minimum absolute atomic E-state index is 0.415. The van der Waals surface area contributed by atoms with E-state index >= 15 is 0 Å². The Labute approximate surface area is 131 Å². The van der Waals surface area contributed by atoms with Crippen LogP contribution in [0.3, 0.4) is 0 Å². The molecule has 1 unspecified atom stereocenters. The van der Waals surface area contributed by atoms with Gasteiger partial charge in [0.25, 0.3) is 0 Å². The van der Waals surface area contributed by atoms with Crippen LogP contribution in [-0.2, 0) is 6.42 Å². The molecular weight excluding hydrogens is 312 g/mol. The molecule has 0 spiro atoms. The van der Waals surface area contributed by atoms with Crippen LogP contribution in [0.25, 0.3) is 0 Å². The van der Waals surface area contributed by atoms with E-state index in [9.17, 15) is 0 Å². The van der Waals surface area contributed by atoms with Crippen molar-refractivity contribution in [3.8, 4) is 0 Å². The third kappa shape index (κ3) is 2.94. The summed E-state index contributed by atoms with van der Waals surface area (Å²) in [6.45, 7) is 12.9. The molecule has 1 aliphatic rings. The molecule has 0 bridgehead atoms. The highest BCUT2D eigenvalue weighted by atomic mass is 79.9. The van der Waals surface area contributed by atoms with Gasteiger partial charge in [-0.3, -0.25) is 4.98 Å². The molecule has 0 amide bonds. The molecule has 3 heteroatoms. The maximum atomic E-state index is 4.30. The first-order valence-corrected chi connectivity index (χ1v) is 8.42. The predicted octanol–water partition coefficient (Wildman–Crippen LogP) is 4.44. The molecule has 2 rings (SSSR count). The van der Waals surface area contributed by atoms with E-state index in [1.54, 1.807) is 0 Å². The molecule has 112 valence electrons. The Kier molecular flexibility index (Phi) is 4.60. The van der Waals surface area contributed by atoms with Crippen LogP contribution in [0.15, 0.2) is 22.9 Å². The quantitative estimate of drug-likeness (QED) is 0.829. The average molecular weight is 339 g/mol. The fourth-order valence-electron chi connectivity index (χ4n) is 3.71. The van der Waals surface area contributed by atoms with Gasteiger partial charge in [-0.25, -0.2) is 0 Å². The van der Waals surface area contributed by atoms with Crippen molar-refractivity contribution in [1.82, 2.24) is 10.3 Å². The topological polar surface area (TPSA) is 24.9 Å². The van der Waals surface area contributed by atoms with E-state index < -0.39 is 0 Å². The summed E-state index contributed by atoms with van der Waals surface area (Å²) >= 11 is 3.52. The van der Waals surface area contributed by atoms with E-state index in [0.29, 0.717) is 16.9 Å². The zero-order chi connectivity index (χ0) is 15.0. The first-order valence-electron chi connectivity index (χ1n) is 7.63. The minimum Gasteiger partial charge on any atom is -0.313 e. The van der Waals surface area contributed by atoms with E-state index in [2.05, 4.69) is 66.9 Å². The zero-order valence-electron chi connectivity index (χ0n) is 13.3. The summed E-state index contributed by atoms with van der Waals surface area (Å²) in [5.74, 6) is 0.723. The molecule has 0 radical (unpaired) electrons. The maximum Gasteiger partial charge on any atom is 0.0410 e. The average Bonchev–Trinajstić information content (AvgIpc) is 2.76. The fourth-order valence-corrected chi connectivity index (χ4v) is 4.12. The molecule has 0 aliphatic heterocycles. The molecule has 1 heterocycles. The van der Waals surface area contributed by atoms with Crippen molar-refractivity contribution in [2.45, 2.75) is 53.5 Å². The molecular formula is C17H27BrN2. The monoisotopic (exact) mass is 338 g/mol. The van der Waals surface area contributed by atoms with Gasteiger partial charge in [-0.2, -0.15) is 0 Å². The minimum atomic E-state index is 0.415. The number of aromatic nitrogens is 1. The maximum absolute atomic E-state index is 4.30. The second-order valence-corrected chi connectivity index (χ2v) is 8.11. The van der Waals surface area contributed by atoms with Crippen LogP contribution in [0.2, 0.25) is 0 Å². The first kappa shape index (κ1) is 16.0. The van der Waals surface area contributed by atoms with Gasteiger partial charge in [-0.15, -0.1) is 0 Å². The van der Waals surface area contributed by atoms with Crippen molar-refractivity contribution in [2.75, 3.05) is 6.54 Å². The second kappa shape index (κ2) is 5.76. The van der Waals surface area contributed by atoms with E-state index in [4.69, 9.17) is 0 Å². The van der Waals surface area contributed by atoms with Crippen LogP contribution in [0, 0.1) is 16.7 Å². The van der Waals surface area contributed by atoms with Gasteiger partial charge < -0.3 is 5.32 Å². The molecule has 1 fully saturated rings. The van der Waals surface area contributed by atoms with E-state index in [1.807, 2.05) is 12.4 Å². The molecule has 2 nitrogen and oxygen atoms in total. The van der Waals surface area contributed by atoms with Crippen molar-refractivity contribution in [2.24, 2.45) is 16.7 Å². The Morgan fingerprint density at radius 1 is 1.25 bits per heavy atom. The summed E-state index contributed by atoms with van der Waals surface area (Å²) in [6, 6.07) is 2.73. The summed E-state index contributed by atoms with van der Waals surface area (Å²) < 4.78 is 1.07. The Bertz CT molecular complexity index is 454. The van der Waals surface area contributed by atoms with Crippen LogP contribution in [-0.4, -0.2) is 17.6 Å². The molecule has 1 atom stereocenters. The summed E-state index contributed by atoms with van der Waals surface area (Å²) in [4.78, 5) is 4.30. The van der Waals surface area contributed by atoms with Crippen LogP contribution in [0.4, 0.5) is 0 Å². The number of pyridine rings is 1. The van der Waals surface area contributed by atoms with Gasteiger partial charge in [-0.1, -0.05) is 34.6 Å². The number of nitrogens with one attached hydrogen (secondary N) is 1. The number of halogens is 1. The van der Waals surface area contributed by atoms with Crippen molar-refractivity contribution in [1.29, 1.82) is 0 Å². The normalized spacial score (nSPS) is 21.7. The Hall–Kier alpha value is -0.410. The van der Waals surface area contributed by atoms with E-state index in [1.165, 1.54) is 12.0 Å². The lowest BCUT2D eigenvalue weighted by molar-refractivity contribution is 0.395. The Morgan fingerprint density at radius 2 is 1.90 bits per heavy atom. The highest BCUT2D eigenvalue weighted by molar-refractivity contribution is 9.10. The van der Waals surface area contributed by atoms with Crippen LogP contribution >= 0.6 is 15.9 Å². The number of hydrogen-bond donors (Lipinski definition) is 1. The molecule has 0 aromatic carbocycles. The molecule has 1 aliphatic carbocycles. The van der Waals surface area contributed by atoms with Crippen molar-refractivity contribution < 1.29 is 0 Å². The lowest BCUT2D eigenvalue weighted by Gasteiger charge is -2.21. The SMILES string of the molecule is CCCNC(Cc1cncc(Br)c1)C1C(C)(C)C1(C)C. The summed E-state index contributed by atoms with van der Waals surface area (Å²) in [7, 11) is 0. The van der Waals surface area contributed by atoms with E-state index in [0.717, 1.165) is 23.4 Å². The molecule has 1 saturated carbocycles.